The van der Waals surface area contributed by atoms with Gasteiger partial charge in [-0.1, -0.05) is 55.0 Å². The van der Waals surface area contributed by atoms with Crippen molar-refractivity contribution in [3.63, 3.8) is 0 Å². The van der Waals surface area contributed by atoms with Crippen molar-refractivity contribution in [1.82, 2.24) is 19.1 Å². The van der Waals surface area contributed by atoms with Gasteiger partial charge >= 0.3 is 5.69 Å². The summed E-state index contributed by atoms with van der Waals surface area (Å²) in [5, 5.41) is 3.01. The minimum atomic E-state index is -0.409. The van der Waals surface area contributed by atoms with E-state index in [0.29, 0.717) is 62.4 Å². The van der Waals surface area contributed by atoms with Crippen LogP contribution in [-0.4, -0.2) is 45.3 Å². The number of nitrogens with zero attached hydrogens (tertiary/aromatic N) is 3. The summed E-state index contributed by atoms with van der Waals surface area (Å²) in [7, 11) is 1.59. The molecule has 0 bridgehead atoms. The number of nitrogens with two attached hydrogens (primary N) is 1. The molecule has 0 aliphatic carbocycles. The number of anilines is 1. The first-order valence-corrected chi connectivity index (χ1v) is 13.8. The Morgan fingerprint density at radius 3 is 2.52 bits per heavy atom. The summed E-state index contributed by atoms with van der Waals surface area (Å²) >= 11 is 0. The predicted octanol–water partition coefficient (Wildman–Crippen LogP) is 3.21. The summed E-state index contributed by atoms with van der Waals surface area (Å²) in [5.74, 6) is 0.567. The molecule has 4 N–H and O–H groups in total. The monoisotopic (exact) mass is 546 g/mol. The van der Waals surface area contributed by atoms with Gasteiger partial charge in [0.1, 0.15) is 11.3 Å². The lowest BCUT2D eigenvalue weighted by Crippen LogP contribution is -2.40. The molecule has 10 heteroatoms. The summed E-state index contributed by atoms with van der Waals surface area (Å²) in [6, 6.07) is 17.4. The number of imidazole rings is 1. The highest BCUT2D eigenvalue weighted by molar-refractivity contribution is 5.91. The number of fused-ring (bicyclic) bond motifs is 1. The number of methoxy groups -OCH3 is 1. The molecule has 4 rings (SSSR count). The van der Waals surface area contributed by atoms with Crippen molar-refractivity contribution in [2.75, 3.05) is 25.6 Å². The lowest BCUT2D eigenvalue weighted by atomic mass is 10.1. The molecule has 40 heavy (non-hydrogen) atoms. The molecule has 2 aromatic carbocycles. The summed E-state index contributed by atoms with van der Waals surface area (Å²) in [4.78, 5) is 47.3. The second-order valence-electron chi connectivity index (χ2n) is 9.84. The van der Waals surface area contributed by atoms with Crippen LogP contribution in [0.1, 0.15) is 49.1 Å². The van der Waals surface area contributed by atoms with Crippen LogP contribution in [0.25, 0.3) is 11.2 Å². The number of amides is 1. The van der Waals surface area contributed by atoms with E-state index in [1.807, 2.05) is 54.6 Å². The summed E-state index contributed by atoms with van der Waals surface area (Å²) in [5.41, 5.74) is 8.05. The Kier molecular flexibility index (Phi) is 10.4. The van der Waals surface area contributed by atoms with Crippen LogP contribution in [0.15, 0.2) is 64.2 Å². The maximum Gasteiger partial charge on any atom is 0.332 e. The maximum atomic E-state index is 13.6. The largest absolute Gasteiger partial charge is 0.385 e. The van der Waals surface area contributed by atoms with Gasteiger partial charge in [0.05, 0.1) is 0 Å². The SMILES string of the molecule is COCCCn1c(=O)c2[nH]c(Cc3ccccc3)nc2n(CCc2ccccc2NC(=O)CCCCCN)c1=O. The van der Waals surface area contributed by atoms with E-state index in [1.165, 1.54) is 4.57 Å². The van der Waals surface area contributed by atoms with Crippen LogP contribution in [0.2, 0.25) is 0 Å². The zero-order valence-corrected chi connectivity index (χ0v) is 23.0. The minimum Gasteiger partial charge on any atom is -0.385 e. The molecular formula is C30H38N6O4. The molecule has 2 aromatic heterocycles. The lowest BCUT2D eigenvalue weighted by Gasteiger charge is -2.14. The van der Waals surface area contributed by atoms with Crippen molar-refractivity contribution in [3.8, 4) is 0 Å². The Morgan fingerprint density at radius 2 is 1.75 bits per heavy atom. The van der Waals surface area contributed by atoms with Gasteiger partial charge in [0.25, 0.3) is 5.56 Å². The number of rotatable bonds is 15. The van der Waals surface area contributed by atoms with Gasteiger partial charge in [-0.05, 0) is 49.4 Å². The Labute approximate surface area is 233 Å². The smallest absolute Gasteiger partial charge is 0.332 e. The zero-order chi connectivity index (χ0) is 28.3. The Bertz CT molecular complexity index is 1520. The first-order chi connectivity index (χ1) is 19.5. The topological polar surface area (TPSA) is 137 Å². The van der Waals surface area contributed by atoms with E-state index in [1.54, 1.807) is 11.7 Å². The molecule has 0 radical (unpaired) electrons. The van der Waals surface area contributed by atoms with E-state index >= 15 is 0 Å². The molecule has 0 unspecified atom stereocenters. The van der Waals surface area contributed by atoms with Crippen LogP contribution in [0.3, 0.4) is 0 Å². The van der Waals surface area contributed by atoms with Crippen molar-refractivity contribution < 1.29 is 9.53 Å². The third-order valence-corrected chi connectivity index (χ3v) is 6.86. The van der Waals surface area contributed by atoms with Gasteiger partial charge in [-0.3, -0.25) is 18.7 Å². The standard InChI is InChI=1S/C30H38N6O4/c1-40-20-10-18-36-29(38)27-28(34-25(33-27)21-22-11-4-2-5-12-22)35(30(36)39)19-16-23-13-7-8-14-24(23)32-26(37)15-6-3-9-17-31/h2,4-5,7-8,11-14H,3,6,9-10,15-21,31H2,1H3,(H,32,37)(H,33,34). The number of unbranched alkanes of at least 4 members (excludes halogenated alkanes) is 2. The Hall–Kier alpha value is -4.02. The fourth-order valence-electron chi connectivity index (χ4n) is 4.76. The van der Waals surface area contributed by atoms with Gasteiger partial charge < -0.3 is 20.8 Å². The van der Waals surface area contributed by atoms with E-state index < -0.39 is 5.69 Å². The average Bonchev–Trinajstić information content (AvgIpc) is 3.38. The number of aromatic amines is 1. The molecule has 212 valence electrons. The minimum absolute atomic E-state index is 0.0476. The van der Waals surface area contributed by atoms with Crippen molar-refractivity contribution in [3.05, 3.63) is 92.4 Å². The van der Waals surface area contributed by atoms with E-state index in [4.69, 9.17) is 10.5 Å². The highest BCUT2D eigenvalue weighted by Crippen LogP contribution is 2.18. The molecule has 0 aliphatic heterocycles. The normalized spacial score (nSPS) is 11.2. The van der Waals surface area contributed by atoms with Gasteiger partial charge in [-0.25, -0.2) is 9.78 Å². The second-order valence-corrected chi connectivity index (χ2v) is 9.84. The molecule has 0 saturated heterocycles. The number of H-pyrrole nitrogens is 1. The average molecular weight is 547 g/mol. The van der Waals surface area contributed by atoms with E-state index in [2.05, 4.69) is 15.3 Å². The highest BCUT2D eigenvalue weighted by atomic mass is 16.5. The van der Waals surface area contributed by atoms with Gasteiger partial charge in [0.15, 0.2) is 5.65 Å². The van der Waals surface area contributed by atoms with Crippen LogP contribution in [-0.2, 0) is 35.5 Å². The number of carbonyl (C=O) groups excluding carboxylic acids is 1. The van der Waals surface area contributed by atoms with Crippen LogP contribution < -0.4 is 22.3 Å². The van der Waals surface area contributed by atoms with Crippen LogP contribution in [0.4, 0.5) is 5.69 Å². The molecule has 0 spiro atoms. The van der Waals surface area contributed by atoms with E-state index in [0.717, 1.165) is 36.1 Å². The first-order valence-electron chi connectivity index (χ1n) is 13.8. The number of nitrogens with one attached hydrogen (secondary N) is 2. The second kappa shape index (κ2) is 14.4. The molecule has 2 heterocycles. The van der Waals surface area contributed by atoms with Gasteiger partial charge in [0.2, 0.25) is 5.91 Å². The first kappa shape index (κ1) is 29.0. The Morgan fingerprint density at radius 1 is 0.975 bits per heavy atom. The number of benzene rings is 2. The van der Waals surface area contributed by atoms with Crippen LogP contribution >= 0.6 is 0 Å². The number of para-hydroxylation sites is 1. The summed E-state index contributed by atoms with van der Waals surface area (Å²) in [6.45, 7) is 1.59. The summed E-state index contributed by atoms with van der Waals surface area (Å²) < 4.78 is 7.94. The number of aromatic nitrogens is 4. The summed E-state index contributed by atoms with van der Waals surface area (Å²) in [6.07, 6.45) is 4.54. The molecule has 4 aromatic rings. The molecule has 0 aliphatic rings. The van der Waals surface area contributed by atoms with Gasteiger partial charge in [-0.15, -0.1) is 0 Å². The van der Waals surface area contributed by atoms with E-state index in [9.17, 15) is 14.4 Å². The lowest BCUT2D eigenvalue weighted by molar-refractivity contribution is -0.116. The Balaban J connectivity index is 1.62. The number of hydrogen-bond acceptors (Lipinski definition) is 6. The number of ether oxygens (including phenoxy) is 1. The molecule has 0 atom stereocenters. The number of carbonyl (C=O) groups is 1. The van der Waals surface area contributed by atoms with Crippen molar-refractivity contribution in [2.24, 2.45) is 5.73 Å². The molecule has 0 fully saturated rings. The van der Waals surface area contributed by atoms with Crippen LogP contribution in [0, 0.1) is 0 Å². The van der Waals surface area contributed by atoms with Crippen molar-refractivity contribution in [1.29, 1.82) is 0 Å². The maximum absolute atomic E-state index is 13.6. The van der Waals surface area contributed by atoms with Crippen molar-refractivity contribution in [2.45, 2.75) is 58.0 Å². The molecule has 1 amide bonds. The molecule has 10 nitrogen and oxygen atoms in total. The van der Waals surface area contributed by atoms with Crippen molar-refractivity contribution >= 4 is 22.8 Å². The molecular weight excluding hydrogens is 508 g/mol. The molecule has 0 saturated carbocycles. The predicted molar refractivity (Wildman–Crippen MR) is 157 cm³/mol. The number of aryl methyl sites for hydroxylation is 2. The highest BCUT2D eigenvalue weighted by Gasteiger charge is 2.18. The fourth-order valence-corrected chi connectivity index (χ4v) is 4.76. The van der Waals surface area contributed by atoms with Gasteiger partial charge in [0, 0.05) is 45.3 Å². The van der Waals surface area contributed by atoms with Crippen LogP contribution in [0.5, 0.6) is 0 Å². The quantitative estimate of drug-likeness (QED) is 0.196. The van der Waals surface area contributed by atoms with E-state index in [-0.39, 0.29) is 18.0 Å². The zero-order valence-electron chi connectivity index (χ0n) is 23.0. The number of hydrogen-bond donors (Lipinski definition) is 3. The van der Waals surface area contributed by atoms with Gasteiger partial charge in [-0.2, -0.15) is 0 Å². The third-order valence-electron chi connectivity index (χ3n) is 6.86. The third kappa shape index (κ3) is 7.34. The fraction of sp³-hybridized carbons (Fsp3) is 0.400.